The number of unbranched alkanes of at least 4 members (excludes halogenated alkanes) is 1. The van der Waals surface area contributed by atoms with E-state index < -0.39 is 7.26 Å². The molecule has 0 spiro atoms. The van der Waals surface area contributed by atoms with Gasteiger partial charge in [-0.3, -0.25) is 0 Å². The quantitative estimate of drug-likeness (QED) is 0.142. The molecule has 0 saturated carbocycles. The van der Waals surface area contributed by atoms with Crippen molar-refractivity contribution in [3.8, 4) is 11.5 Å². The minimum atomic E-state index is -2.42. The van der Waals surface area contributed by atoms with Gasteiger partial charge in [-0.05, 0) is 0 Å². The van der Waals surface area contributed by atoms with Gasteiger partial charge in [0.15, 0.2) is 0 Å². The number of nitrogens with zero attached hydrogens (tertiary/aromatic N) is 1. The van der Waals surface area contributed by atoms with Crippen molar-refractivity contribution in [2.75, 3.05) is 11.1 Å². The Morgan fingerprint density at radius 2 is 1.00 bits per heavy atom. The zero-order valence-corrected chi connectivity index (χ0v) is 25.6. The van der Waals surface area contributed by atoms with Crippen molar-refractivity contribution in [2.24, 2.45) is 0 Å². The van der Waals surface area contributed by atoms with E-state index in [1.165, 1.54) is 15.9 Å². The molecule has 6 aromatic carbocycles. The minimum absolute atomic E-state index is 0.821. The van der Waals surface area contributed by atoms with Crippen LogP contribution in [0.1, 0.15) is 19.8 Å². The first kappa shape index (κ1) is 28.5. The van der Waals surface area contributed by atoms with Crippen LogP contribution >= 0.6 is 7.26 Å². The summed E-state index contributed by atoms with van der Waals surface area (Å²) in [4.78, 5) is 2.27. The van der Waals surface area contributed by atoms with Crippen molar-refractivity contribution in [1.82, 2.24) is 0 Å². The fourth-order valence-electron chi connectivity index (χ4n) is 6.11. The van der Waals surface area contributed by atoms with E-state index in [2.05, 4.69) is 182 Å². The van der Waals surface area contributed by atoms with Crippen molar-refractivity contribution in [1.29, 1.82) is 0 Å². The zero-order chi connectivity index (χ0) is 29.3. The van der Waals surface area contributed by atoms with Gasteiger partial charge in [-0.2, -0.15) is 0 Å². The van der Waals surface area contributed by atoms with E-state index >= 15 is 0 Å². The van der Waals surface area contributed by atoms with Gasteiger partial charge >= 0.3 is 257 Å². The number of benzene rings is 6. The molecule has 0 aliphatic rings. The summed E-state index contributed by atoms with van der Waals surface area (Å²) in [5.74, 6) is 1.75. The molecule has 0 heterocycles. The third-order valence-corrected chi connectivity index (χ3v) is 13.2. The SMILES string of the molecule is CCCC[PH](c1ccccc1)(c1ccccc1)c1ccccc1Oc1cccc(N(c2ccccc2)c2ccccc2)c1. The molecule has 6 aromatic rings. The Balaban J connectivity index is 1.46. The molecule has 0 saturated heterocycles. The Labute approximate surface area is 256 Å². The van der Waals surface area contributed by atoms with Crippen LogP contribution in [0.5, 0.6) is 11.5 Å². The van der Waals surface area contributed by atoms with Crippen LogP contribution in [-0.2, 0) is 0 Å². The number of ether oxygens (including phenoxy) is 1. The van der Waals surface area contributed by atoms with Gasteiger partial charge in [0.2, 0.25) is 0 Å². The topological polar surface area (TPSA) is 12.5 Å². The van der Waals surface area contributed by atoms with Gasteiger partial charge in [0.1, 0.15) is 0 Å². The Morgan fingerprint density at radius 1 is 0.512 bits per heavy atom. The second-order valence-electron chi connectivity index (χ2n) is 10.8. The molecule has 2 nitrogen and oxygen atoms in total. The molecule has 0 fully saturated rings. The predicted molar refractivity (Wildman–Crippen MR) is 188 cm³/mol. The van der Waals surface area contributed by atoms with Gasteiger partial charge in [-0.25, -0.2) is 0 Å². The number of hydrogen-bond donors (Lipinski definition) is 0. The third-order valence-electron chi connectivity index (χ3n) is 8.12. The van der Waals surface area contributed by atoms with Gasteiger partial charge in [0.05, 0.1) is 0 Å². The molecule has 0 aliphatic carbocycles. The average Bonchev–Trinajstić information content (AvgIpc) is 3.08. The van der Waals surface area contributed by atoms with Crippen LogP contribution in [0.25, 0.3) is 0 Å². The Morgan fingerprint density at radius 3 is 1.56 bits per heavy atom. The van der Waals surface area contributed by atoms with Crippen LogP contribution in [0.2, 0.25) is 0 Å². The van der Waals surface area contributed by atoms with E-state index in [0.717, 1.165) is 47.6 Å². The summed E-state index contributed by atoms with van der Waals surface area (Å²) in [6, 6.07) is 60.4. The molecule has 0 radical (unpaired) electrons. The van der Waals surface area contributed by atoms with Gasteiger partial charge in [-0.1, -0.05) is 0 Å². The van der Waals surface area contributed by atoms with Gasteiger partial charge in [0, 0.05) is 0 Å². The second kappa shape index (κ2) is 13.6. The van der Waals surface area contributed by atoms with Crippen LogP contribution in [-0.4, -0.2) is 6.16 Å². The molecule has 0 unspecified atom stereocenters. The first-order chi connectivity index (χ1) is 21.3. The molecule has 0 aliphatic heterocycles. The molecule has 0 atom stereocenters. The van der Waals surface area contributed by atoms with Crippen molar-refractivity contribution in [3.63, 3.8) is 0 Å². The van der Waals surface area contributed by atoms with E-state index in [9.17, 15) is 0 Å². The van der Waals surface area contributed by atoms with Crippen LogP contribution in [0.4, 0.5) is 17.1 Å². The van der Waals surface area contributed by atoms with Gasteiger partial charge in [0.25, 0.3) is 0 Å². The molecule has 3 heteroatoms. The fourth-order valence-corrected chi connectivity index (χ4v) is 11.3. The molecule has 0 bridgehead atoms. The fraction of sp³-hybridized carbons (Fsp3) is 0.100. The number of hydrogen-bond acceptors (Lipinski definition) is 2. The monoisotopic (exact) mass is 579 g/mol. The van der Waals surface area contributed by atoms with Crippen LogP contribution in [0.15, 0.2) is 170 Å². The number of anilines is 3. The van der Waals surface area contributed by atoms with E-state index in [1.807, 2.05) is 0 Å². The Hall–Kier alpha value is -4.65. The van der Waals surface area contributed by atoms with Crippen LogP contribution in [0, 0.1) is 0 Å². The molecule has 6 rings (SSSR count). The van der Waals surface area contributed by atoms with Gasteiger partial charge in [-0.15, -0.1) is 0 Å². The summed E-state index contributed by atoms with van der Waals surface area (Å²) >= 11 is 0. The molecule has 0 N–H and O–H groups in total. The summed E-state index contributed by atoms with van der Waals surface area (Å²) in [5.41, 5.74) is 3.25. The first-order valence-corrected chi connectivity index (χ1v) is 17.4. The predicted octanol–water partition coefficient (Wildman–Crippen LogP) is 9.77. The summed E-state index contributed by atoms with van der Waals surface area (Å²) < 4.78 is 6.91. The summed E-state index contributed by atoms with van der Waals surface area (Å²) in [6.45, 7) is 2.29. The maximum absolute atomic E-state index is 6.91. The summed E-state index contributed by atoms with van der Waals surface area (Å²) in [7, 11) is -2.42. The first-order valence-electron chi connectivity index (χ1n) is 15.2. The molecular formula is C40H38NOP. The third kappa shape index (κ3) is 6.12. The number of para-hydroxylation sites is 3. The van der Waals surface area contributed by atoms with E-state index in [0.29, 0.717) is 0 Å². The molecule has 0 aromatic heterocycles. The number of rotatable bonds is 11. The van der Waals surface area contributed by atoms with E-state index in [-0.39, 0.29) is 0 Å². The van der Waals surface area contributed by atoms with Crippen molar-refractivity contribution in [2.45, 2.75) is 19.8 Å². The van der Waals surface area contributed by atoms with Gasteiger partial charge < -0.3 is 0 Å². The molecule has 43 heavy (non-hydrogen) atoms. The van der Waals surface area contributed by atoms with E-state index in [4.69, 9.17) is 4.74 Å². The zero-order valence-electron chi connectivity index (χ0n) is 24.6. The summed E-state index contributed by atoms with van der Waals surface area (Å²) in [6.07, 6.45) is 3.42. The standard InChI is InChI=1S/C40H38NOP/c1-2-3-31-43(37-25-12-6-13-26-37,38-27-14-7-15-28-38)40-30-17-16-29-39(40)42-36-24-18-23-35(32-36)41(33-19-8-4-9-20-33)34-21-10-5-11-22-34/h4-30,32,43H,2-3,31H2,1H3. The average molecular weight is 580 g/mol. The Bertz CT molecular complexity index is 1640. The van der Waals surface area contributed by atoms with Crippen molar-refractivity contribution >= 4 is 40.2 Å². The van der Waals surface area contributed by atoms with Crippen molar-refractivity contribution < 1.29 is 4.74 Å². The molecular weight excluding hydrogens is 541 g/mol. The maximum atomic E-state index is 6.91. The molecule has 0 amide bonds. The molecule has 214 valence electrons. The normalized spacial score (nSPS) is 11.6. The summed E-state index contributed by atoms with van der Waals surface area (Å²) in [5, 5.41) is 4.15. The second-order valence-corrected chi connectivity index (χ2v) is 14.8. The van der Waals surface area contributed by atoms with Crippen LogP contribution < -0.4 is 25.6 Å². The Kier molecular flexibility index (Phi) is 8.97. The van der Waals surface area contributed by atoms with Crippen LogP contribution in [0.3, 0.4) is 0 Å². The van der Waals surface area contributed by atoms with E-state index in [1.54, 1.807) is 0 Å². The van der Waals surface area contributed by atoms with Crippen molar-refractivity contribution in [3.05, 3.63) is 170 Å².